The summed E-state index contributed by atoms with van der Waals surface area (Å²) in [6.45, 7) is 5.20. The Morgan fingerprint density at radius 1 is 1.35 bits per heavy atom. The molecule has 0 aromatic carbocycles. The third kappa shape index (κ3) is 2.25. The number of nitrogens with two attached hydrogens (primary N) is 1. The maximum Gasteiger partial charge on any atom is 0.0645 e. The predicted molar refractivity (Wildman–Crippen MR) is 68.8 cm³/mol. The molecule has 0 spiro atoms. The van der Waals surface area contributed by atoms with Crippen LogP contribution in [0.1, 0.15) is 39.0 Å². The molecule has 1 aliphatic heterocycles. The van der Waals surface area contributed by atoms with E-state index in [4.69, 9.17) is 10.5 Å². The number of ether oxygens (including phenoxy) is 1. The first-order valence-electron chi connectivity index (χ1n) is 7.26. The molecule has 3 nitrogen and oxygen atoms in total. The molecule has 3 heteroatoms. The van der Waals surface area contributed by atoms with Gasteiger partial charge in [0, 0.05) is 24.7 Å². The fourth-order valence-corrected chi connectivity index (χ4v) is 4.20. The van der Waals surface area contributed by atoms with Crippen LogP contribution in [0, 0.1) is 17.8 Å². The fourth-order valence-electron chi connectivity index (χ4n) is 4.20. The normalized spacial score (nSPS) is 49.8. The van der Waals surface area contributed by atoms with Crippen molar-refractivity contribution < 1.29 is 4.74 Å². The molecule has 0 amide bonds. The van der Waals surface area contributed by atoms with Crippen molar-refractivity contribution in [3.05, 3.63) is 0 Å². The third-order valence-electron chi connectivity index (χ3n) is 5.36. The van der Waals surface area contributed by atoms with Crippen LogP contribution < -0.4 is 11.1 Å². The Kier molecular flexibility index (Phi) is 3.18. The average molecular weight is 238 g/mol. The van der Waals surface area contributed by atoms with E-state index in [1.54, 1.807) is 0 Å². The van der Waals surface area contributed by atoms with Gasteiger partial charge in [0.15, 0.2) is 0 Å². The number of nitrogens with one attached hydrogen (secondary N) is 1. The molecule has 2 saturated carbocycles. The highest BCUT2D eigenvalue weighted by molar-refractivity contribution is 5.00. The average Bonchev–Trinajstić information content (AvgIpc) is 2.89. The second-order valence-electron chi connectivity index (χ2n) is 6.67. The van der Waals surface area contributed by atoms with Gasteiger partial charge in [-0.1, -0.05) is 0 Å². The highest BCUT2D eigenvalue weighted by atomic mass is 16.5. The highest BCUT2D eigenvalue weighted by Gasteiger charge is 2.45. The summed E-state index contributed by atoms with van der Waals surface area (Å²) in [7, 11) is 0. The van der Waals surface area contributed by atoms with Crippen LogP contribution in [0.2, 0.25) is 0 Å². The molecule has 0 aromatic heterocycles. The summed E-state index contributed by atoms with van der Waals surface area (Å²) in [6, 6.07) is 0.453. The van der Waals surface area contributed by atoms with E-state index in [2.05, 4.69) is 12.2 Å². The number of fused-ring (bicyclic) bond motifs is 2. The van der Waals surface area contributed by atoms with Gasteiger partial charge in [0.1, 0.15) is 0 Å². The summed E-state index contributed by atoms with van der Waals surface area (Å²) in [5.74, 6) is 2.44. The minimum Gasteiger partial charge on any atom is -0.380 e. The van der Waals surface area contributed by atoms with Crippen molar-refractivity contribution >= 4 is 0 Å². The van der Waals surface area contributed by atoms with Crippen LogP contribution >= 0.6 is 0 Å². The molecule has 2 bridgehead atoms. The minimum absolute atomic E-state index is 0.194. The van der Waals surface area contributed by atoms with E-state index in [9.17, 15) is 0 Å². The standard InChI is InChI=1S/C14H26N2O/c1-14(5-2-6-17-9-14)16-8-12-10-3-4-11(7-10)13(12)15/h10-13,16H,2-9,15H2,1H3. The summed E-state index contributed by atoms with van der Waals surface area (Å²) in [4.78, 5) is 0. The summed E-state index contributed by atoms with van der Waals surface area (Å²) in [5.41, 5.74) is 6.55. The van der Waals surface area contributed by atoms with Crippen LogP contribution in [0.3, 0.4) is 0 Å². The first-order chi connectivity index (χ1) is 8.18. The van der Waals surface area contributed by atoms with E-state index in [1.165, 1.54) is 32.1 Å². The van der Waals surface area contributed by atoms with Gasteiger partial charge >= 0.3 is 0 Å². The zero-order valence-electron chi connectivity index (χ0n) is 11.0. The molecule has 3 fully saturated rings. The van der Waals surface area contributed by atoms with Crippen LogP contribution in [0.5, 0.6) is 0 Å². The monoisotopic (exact) mass is 238 g/mol. The van der Waals surface area contributed by atoms with Crippen molar-refractivity contribution in [2.24, 2.45) is 23.5 Å². The molecule has 0 aromatic rings. The van der Waals surface area contributed by atoms with Crippen molar-refractivity contribution in [2.45, 2.75) is 50.6 Å². The van der Waals surface area contributed by atoms with Crippen molar-refractivity contribution in [2.75, 3.05) is 19.8 Å². The van der Waals surface area contributed by atoms with Crippen molar-refractivity contribution in [1.82, 2.24) is 5.32 Å². The third-order valence-corrected chi connectivity index (χ3v) is 5.36. The molecule has 5 unspecified atom stereocenters. The van der Waals surface area contributed by atoms with Gasteiger partial charge in [-0.05, 0) is 56.8 Å². The maximum absolute atomic E-state index is 6.35. The molecular formula is C14H26N2O. The van der Waals surface area contributed by atoms with E-state index >= 15 is 0 Å². The minimum atomic E-state index is 0.194. The quantitative estimate of drug-likeness (QED) is 0.783. The van der Waals surface area contributed by atoms with Crippen molar-refractivity contribution in [3.8, 4) is 0 Å². The molecule has 98 valence electrons. The molecule has 1 heterocycles. The second-order valence-corrected chi connectivity index (χ2v) is 6.67. The Hall–Kier alpha value is -0.120. The lowest BCUT2D eigenvalue weighted by molar-refractivity contribution is 0.0251. The Morgan fingerprint density at radius 3 is 2.82 bits per heavy atom. The van der Waals surface area contributed by atoms with E-state index in [1.807, 2.05) is 0 Å². The summed E-state index contributed by atoms with van der Waals surface area (Å²) in [5, 5.41) is 3.75. The Bertz CT molecular complexity index is 273. The van der Waals surface area contributed by atoms with Gasteiger partial charge < -0.3 is 15.8 Å². The zero-order valence-corrected chi connectivity index (χ0v) is 11.0. The van der Waals surface area contributed by atoms with Gasteiger partial charge in [0.25, 0.3) is 0 Å². The fraction of sp³-hybridized carbons (Fsp3) is 1.00. The Balaban J connectivity index is 1.54. The first-order valence-corrected chi connectivity index (χ1v) is 7.26. The molecule has 3 aliphatic rings. The van der Waals surface area contributed by atoms with Crippen molar-refractivity contribution in [3.63, 3.8) is 0 Å². The van der Waals surface area contributed by atoms with Gasteiger partial charge in [0.2, 0.25) is 0 Å². The predicted octanol–water partition coefficient (Wildman–Crippen LogP) is 1.52. The number of rotatable bonds is 3. The Labute approximate surface area is 104 Å². The lowest BCUT2D eigenvalue weighted by Gasteiger charge is -2.37. The molecule has 17 heavy (non-hydrogen) atoms. The molecular weight excluding hydrogens is 212 g/mol. The molecule has 5 atom stereocenters. The van der Waals surface area contributed by atoms with E-state index in [0.717, 1.165) is 31.6 Å². The molecule has 1 saturated heterocycles. The maximum atomic E-state index is 6.35. The van der Waals surface area contributed by atoms with Crippen LogP contribution in [-0.4, -0.2) is 31.3 Å². The summed E-state index contributed by atoms with van der Waals surface area (Å²) < 4.78 is 5.60. The van der Waals surface area contributed by atoms with Gasteiger partial charge in [-0.3, -0.25) is 0 Å². The highest BCUT2D eigenvalue weighted by Crippen LogP contribution is 2.47. The lowest BCUT2D eigenvalue weighted by atomic mass is 9.84. The van der Waals surface area contributed by atoms with Gasteiger partial charge in [-0.15, -0.1) is 0 Å². The van der Waals surface area contributed by atoms with Crippen LogP contribution in [0.15, 0.2) is 0 Å². The van der Waals surface area contributed by atoms with Crippen LogP contribution in [0.25, 0.3) is 0 Å². The smallest absolute Gasteiger partial charge is 0.0645 e. The summed E-state index contributed by atoms with van der Waals surface area (Å²) in [6.07, 6.45) is 6.61. The molecule has 0 radical (unpaired) electrons. The Morgan fingerprint density at radius 2 is 2.18 bits per heavy atom. The molecule has 3 N–H and O–H groups in total. The van der Waals surface area contributed by atoms with Crippen molar-refractivity contribution in [1.29, 1.82) is 0 Å². The van der Waals surface area contributed by atoms with Crippen LogP contribution in [-0.2, 0) is 4.74 Å². The van der Waals surface area contributed by atoms with E-state index < -0.39 is 0 Å². The topological polar surface area (TPSA) is 47.3 Å². The molecule has 2 aliphatic carbocycles. The molecule has 3 rings (SSSR count). The van der Waals surface area contributed by atoms with E-state index in [0.29, 0.717) is 12.0 Å². The lowest BCUT2D eigenvalue weighted by Crippen LogP contribution is -2.53. The summed E-state index contributed by atoms with van der Waals surface area (Å²) >= 11 is 0. The van der Waals surface area contributed by atoms with Gasteiger partial charge in [-0.25, -0.2) is 0 Å². The second kappa shape index (κ2) is 4.52. The first kappa shape index (κ1) is 11.9. The van der Waals surface area contributed by atoms with Gasteiger partial charge in [0.05, 0.1) is 6.61 Å². The SMILES string of the molecule is CC1(NCC2C3CCC(C3)C2N)CCCOC1. The van der Waals surface area contributed by atoms with Crippen LogP contribution in [0.4, 0.5) is 0 Å². The zero-order chi connectivity index (χ0) is 11.9. The van der Waals surface area contributed by atoms with E-state index in [-0.39, 0.29) is 5.54 Å². The number of hydrogen-bond acceptors (Lipinski definition) is 3. The number of hydrogen-bond donors (Lipinski definition) is 2. The van der Waals surface area contributed by atoms with Gasteiger partial charge in [-0.2, -0.15) is 0 Å². The largest absolute Gasteiger partial charge is 0.380 e.